The zero-order valence-corrected chi connectivity index (χ0v) is 16.8. The van der Waals surface area contributed by atoms with Crippen molar-refractivity contribution in [3.63, 3.8) is 0 Å². The zero-order chi connectivity index (χ0) is 18.8. The van der Waals surface area contributed by atoms with Gasteiger partial charge in [-0.1, -0.05) is 39.3 Å². The zero-order valence-electron chi connectivity index (χ0n) is 15.2. The molecule has 1 amide bonds. The largest absolute Gasteiger partial charge is 0.351 e. The molecule has 0 spiro atoms. The Labute approximate surface area is 155 Å². The van der Waals surface area contributed by atoms with Crippen molar-refractivity contribution < 1.29 is 13.2 Å². The lowest BCUT2D eigenvalue weighted by molar-refractivity contribution is -0.125. The van der Waals surface area contributed by atoms with Gasteiger partial charge in [0.1, 0.15) is 6.04 Å². The van der Waals surface area contributed by atoms with Crippen LogP contribution in [0.4, 0.5) is 0 Å². The van der Waals surface area contributed by atoms with Crippen molar-refractivity contribution in [2.75, 3.05) is 6.54 Å². The third kappa shape index (κ3) is 4.54. The monoisotopic (exact) mass is 386 g/mol. The van der Waals surface area contributed by atoms with Crippen LogP contribution in [0.1, 0.15) is 40.5 Å². The Bertz CT molecular complexity index is 694. The number of nitrogens with zero attached hydrogens (tertiary/aromatic N) is 1. The van der Waals surface area contributed by atoms with E-state index in [1.165, 1.54) is 16.4 Å². The number of carbonyl (C=O) groups excluding carboxylic acids is 1. The first-order chi connectivity index (χ1) is 11.6. The van der Waals surface area contributed by atoms with Crippen LogP contribution in [-0.4, -0.2) is 37.3 Å². The molecule has 5 nitrogen and oxygen atoms in total. The highest BCUT2D eigenvalue weighted by Crippen LogP contribution is 2.27. The molecule has 0 aliphatic carbocycles. The number of hydrogen-bond acceptors (Lipinski definition) is 3. The summed E-state index contributed by atoms with van der Waals surface area (Å²) in [5.41, 5.74) is 0. The van der Waals surface area contributed by atoms with Gasteiger partial charge in [0.2, 0.25) is 15.9 Å². The number of benzene rings is 1. The fourth-order valence-corrected chi connectivity index (χ4v) is 5.18. The molecule has 1 heterocycles. The highest BCUT2D eigenvalue weighted by molar-refractivity contribution is 7.89. The molecule has 1 N–H and O–H groups in total. The van der Waals surface area contributed by atoms with Crippen LogP contribution >= 0.6 is 11.6 Å². The molecule has 7 heteroatoms. The van der Waals surface area contributed by atoms with Crippen LogP contribution < -0.4 is 5.32 Å². The van der Waals surface area contributed by atoms with Crippen LogP contribution in [0.2, 0.25) is 5.02 Å². The van der Waals surface area contributed by atoms with E-state index in [1.54, 1.807) is 12.1 Å². The van der Waals surface area contributed by atoms with Crippen LogP contribution in [0.25, 0.3) is 0 Å². The summed E-state index contributed by atoms with van der Waals surface area (Å²) in [6, 6.07) is 5.43. The Morgan fingerprint density at radius 2 is 1.72 bits per heavy atom. The van der Waals surface area contributed by atoms with Crippen LogP contribution in [0.3, 0.4) is 0 Å². The number of halogens is 1. The van der Waals surface area contributed by atoms with E-state index in [4.69, 9.17) is 11.6 Å². The first kappa shape index (κ1) is 20.2. The first-order valence-corrected chi connectivity index (χ1v) is 10.5. The molecule has 140 valence electrons. The van der Waals surface area contributed by atoms with Crippen molar-refractivity contribution in [3.05, 3.63) is 29.3 Å². The van der Waals surface area contributed by atoms with E-state index in [9.17, 15) is 13.2 Å². The molecule has 0 aromatic heterocycles. The summed E-state index contributed by atoms with van der Waals surface area (Å²) >= 11 is 5.84. The number of nitrogens with one attached hydrogen (secondary N) is 1. The summed E-state index contributed by atoms with van der Waals surface area (Å²) in [6.45, 7) is 8.59. The van der Waals surface area contributed by atoms with Gasteiger partial charge in [-0.25, -0.2) is 8.42 Å². The van der Waals surface area contributed by atoms with Gasteiger partial charge in [-0.15, -0.1) is 0 Å². The van der Waals surface area contributed by atoms with Gasteiger partial charge in [0.15, 0.2) is 0 Å². The van der Waals surface area contributed by atoms with Crippen molar-refractivity contribution in [1.82, 2.24) is 9.62 Å². The molecule has 1 unspecified atom stereocenters. The Kier molecular flexibility index (Phi) is 6.51. The molecule has 1 aromatic carbocycles. The van der Waals surface area contributed by atoms with E-state index in [-0.39, 0.29) is 28.7 Å². The minimum absolute atomic E-state index is 0.0215. The molecule has 1 aliphatic rings. The minimum Gasteiger partial charge on any atom is -0.351 e. The van der Waals surface area contributed by atoms with Gasteiger partial charge >= 0.3 is 0 Å². The van der Waals surface area contributed by atoms with E-state index in [0.717, 1.165) is 0 Å². The average Bonchev–Trinajstić information content (AvgIpc) is 3.02. The van der Waals surface area contributed by atoms with Crippen molar-refractivity contribution in [2.24, 2.45) is 11.8 Å². The molecule has 1 saturated heterocycles. The summed E-state index contributed by atoms with van der Waals surface area (Å²) in [5, 5.41) is 3.53. The predicted molar refractivity (Wildman–Crippen MR) is 100.0 cm³/mol. The summed E-state index contributed by atoms with van der Waals surface area (Å²) < 4.78 is 27.2. The van der Waals surface area contributed by atoms with Gasteiger partial charge in [-0.05, 0) is 48.9 Å². The molecule has 1 atom stereocenters. The number of sulfonamides is 1. The molecular weight excluding hydrogens is 360 g/mol. The lowest BCUT2D eigenvalue weighted by atomic mass is 9.93. The van der Waals surface area contributed by atoms with Gasteiger partial charge in [-0.2, -0.15) is 4.31 Å². The van der Waals surface area contributed by atoms with Crippen molar-refractivity contribution in [1.29, 1.82) is 0 Å². The third-order valence-electron chi connectivity index (χ3n) is 4.67. The summed E-state index contributed by atoms with van der Waals surface area (Å²) in [6.07, 6.45) is 1.22. The lowest BCUT2D eigenvalue weighted by Crippen LogP contribution is -2.51. The third-order valence-corrected chi connectivity index (χ3v) is 6.85. The first-order valence-electron chi connectivity index (χ1n) is 8.72. The highest BCUT2D eigenvalue weighted by atomic mass is 35.5. The number of hydrogen-bond donors (Lipinski definition) is 1. The van der Waals surface area contributed by atoms with E-state index in [0.29, 0.717) is 24.4 Å². The minimum atomic E-state index is -3.71. The molecule has 0 radical (unpaired) electrons. The van der Waals surface area contributed by atoms with Crippen molar-refractivity contribution >= 4 is 27.5 Å². The second-order valence-electron chi connectivity index (χ2n) is 7.25. The number of carbonyl (C=O) groups is 1. The maximum Gasteiger partial charge on any atom is 0.243 e. The normalized spacial score (nSPS) is 19.1. The fraction of sp³-hybridized carbons (Fsp3) is 0.611. The van der Waals surface area contributed by atoms with Crippen LogP contribution in [0.5, 0.6) is 0 Å². The molecular formula is C18H27ClN2O3S. The summed E-state index contributed by atoms with van der Waals surface area (Å²) in [4.78, 5) is 12.9. The Balaban J connectivity index is 2.21. The van der Waals surface area contributed by atoms with Crippen LogP contribution in [0.15, 0.2) is 29.2 Å². The van der Waals surface area contributed by atoms with Crippen LogP contribution in [0, 0.1) is 11.8 Å². The van der Waals surface area contributed by atoms with Crippen molar-refractivity contribution in [3.8, 4) is 0 Å². The van der Waals surface area contributed by atoms with Crippen LogP contribution in [-0.2, 0) is 14.8 Å². The molecule has 1 fully saturated rings. The molecule has 1 aliphatic heterocycles. The van der Waals surface area contributed by atoms with Gasteiger partial charge in [0.25, 0.3) is 0 Å². The smallest absolute Gasteiger partial charge is 0.243 e. The molecule has 0 bridgehead atoms. The molecule has 2 rings (SSSR count). The van der Waals surface area contributed by atoms with Gasteiger partial charge in [-0.3, -0.25) is 4.79 Å². The maximum atomic E-state index is 12.9. The van der Waals surface area contributed by atoms with E-state index in [2.05, 4.69) is 33.0 Å². The second-order valence-corrected chi connectivity index (χ2v) is 9.58. The van der Waals surface area contributed by atoms with Crippen molar-refractivity contribution in [2.45, 2.75) is 57.5 Å². The molecule has 25 heavy (non-hydrogen) atoms. The Morgan fingerprint density at radius 3 is 2.24 bits per heavy atom. The summed E-state index contributed by atoms with van der Waals surface area (Å²) in [7, 11) is -3.71. The van der Waals surface area contributed by atoms with Gasteiger partial charge in [0, 0.05) is 17.6 Å². The molecule has 1 aromatic rings. The SMILES string of the molecule is CC(C)C(NC(=O)C1CCCN1S(=O)(=O)c1ccc(Cl)cc1)C(C)C. The van der Waals surface area contributed by atoms with Gasteiger partial charge < -0.3 is 5.32 Å². The fourth-order valence-electron chi connectivity index (χ4n) is 3.40. The van der Waals surface area contributed by atoms with E-state index < -0.39 is 16.1 Å². The molecule has 0 saturated carbocycles. The lowest BCUT2D eigenvalue weighted by Gasteiger charge is -2.30. The average molecular weight is 387 g/mol. The second kappa shape index (κ2) is 8.06. The number of amides is 1. The topological polar surface area (TPSA) is 66.5 Å². The van der Waals surface area contributed by atoms with E-state index >= 15 is 0 Å². The quantitative estimate of drug-likeness (QED) is 0.815. The van der Waals surface area contributed by atoms with Gasteiger partial charge in [0.05, 0.1) is 4.90 Å². The Morgan fingerprint density at radius 1 is 1.16 bits per heavy atom. The standard InChI is InChI=1S/C18H27ClN2O3S/c1-12(2)17(13(3)4)20-18(22)16-6-5-11-21(16)25(23,24)15-9-7-14(19)8-10-15/h7-10,12-13,16-17H,5-6,11H2,1-4H3,(H,20,22). The Hall–Kier alpha value is -1.11. The number of rotatable bonds is 6. The highest BCUT2D eigenvalue weighted by Gasteiger charge is 2.40. The summed E-state index contributed by atoms with van der Waals surface area (Å²) in [5.74, 6) is 0.362. The van der Waals surface area contributed by atoms with E-state index in [1.807, 2.05) is 0 Å². The predicted octanol–water partition coefficient (Wildman–Crippen LogP) is 3.29. The maximum absolute atomic E-state index is 12.9.